The van der Waals surface area contributed by atoms with Crippen LogP contribution in [-0.4, -0.2) is 9.97 Å². The molecule has 0 aliphatic rings. The van der Waals surface area contributed by atoms with E-state index in [1.165, 1.54) is 30.2 Å². The van der Waals surface area contributed by atoms with Gasteiger partial charge in [0.15, 0.2) is 0 Å². The molecular formula is C24H15FN2OS. The molecule has 0 spiro atoms. The maximum absolute atomic E-state index is 13.3. The lowest BCUT2D eigenvalue weighted by Crippen LogP contribution is -1.87. The highest BCUT2D eigenvalue weighted by Gasteiger charge is 2.22. The topological polar surface area (TPSA) is 38.9 Å². The van der Waals surface area contributed by atoms with E-state index in [0.717, 1.165) is 37.8 Å². The zero-order valence-corrected chi connectivity index (χ0v) is 16.1. The molecule has 0 aliphatic carbocycles. The number of aromatic nitrogens is 2. The molecular weight excluding hydrogens is 383 g/mol. The standard InChI is InChI=1S/C24H15FN2OS/c25-18-11-13-19(14-12-18)29-24-21-20(16-7-3-1-4-8-16)22(17-9-5-2-6-10-17)28-23(21)26-15-27-24/h1-15H. The van der Waals surface area contributed by atoms with Crippen LogP contribution in [0.2, 0.25) is 0 Å². The first-order valence-electron chi connectivity index (χ1n) is 9.11. The van der Waals surface area contributed by atoms with E-state index >= 15 is 0 Å². The molecule has 0 bridgehead atoms. The van der Waals surface area contributed by atoms with Crippen molar-refractivity contribution in [2.45, 2.75) is 9.92 Å². The number of hydrogen-bond acceptors (Lipinski definition) is 4. The van der Waals surface area contributed by atoms with Crippen LogP contribution in [0.25, 0.3) is 33.6 Å². The van der Waals surface area contributed by atoms with Gasteiger partial charge in [-0.3, -0.25) is 0 Å². The summed E-state index contributed by atoms with van der Waals surface area (Å²) in [5, 5.41) is 1.62. The lowest BCUT2D eigenvalue weighted by Gasteiger charge is -2.06. The Morgan fingerprint density at radius 1 is 0.724 bits per heavy atom. The smallest absolute Gasteiger partial charge is 0.231 e. The first-order valence-corrected chi connectivity index (χ1v) is 9.93. The highest BCUT2D eigenvalue weighted by molar-refractivity contribution is 7.99. The largest absolute Gasteiger partial charge is 0.437 e. The van der Waals surface area contributed by atoms with Gasteiger partial charge in [0.1, 0.15) is 22.9 Å². The fourth-order valence-electron chi connectivity index (χ4n) is 3.27. The van der Waals surface area contributed by atoms with Crippen LogP contribution in [0, 0.1) is 5.82 Å². The SMILES string of the molecule is Fc1ccc(Sc2ncnc3oc(-c4ccccc4)c(-c4ccccc4)c23)cc1. The molecule has 0 unspecified atom stereocenters. The molecule has 5 heteroatoms. The highest BCUT2D eigenvalue weighted by Crippen LogP contribution is 2.44. The van der Waals surface area contributed by atoms with Gasteiger partial charge < -0.3 is 4.42 Å². The van der Waals surface area contributed by atoms with Crippen molar-refractivity contribution in [3.63, 3.8) is 0 Å². The molecule has 3 aromatic carbocycles. The van der Waals surface area contributed by atoms with Gasteiger partial charge in [-0.25, -0.2) is 14.4 Å². The lowest BCUT2D eigenvalue weighted by atomic mass is 10.00. The zero-order chi connectivity index (χ0) is 19.6. The number of nitrogens with zero attached hydrogens (tertiary/aromatic N) is 2. The van der Waals surface area contributed by atoms with Crippen LogP contribution in [0.3, 0.4) is 0 Å². The third kappa shape index (κ3) is 3.41. The van der Waals surface area contributed by atoms with E-state index in [4.69, 9.17) is 4.42 Å². The van der Waals surface area contributed by atoms with E-state index in [0.29, 0.717) is 5.71 Å². The van der Waals surface area contributed by atoms with Crippen molar-refractivity contribution in [2.24, 2.45) is 0 Å². The summed E-state index contributed by atoms with van der Waals surface area (Å²) in [7, 11) is 0. The third-order valence-corrected chi connectivity index (χ3v) is 5.59. The molecule has 29 heavy (non-hydrogen) atoms. The monoisotopic (exact) mass is 398 g/mol. The summed E-state index contributed by atoms with van der Waals surface area (Å²) in [5.74, 6) is 0.495. The maximum Gasteiger partial charge on any atom is 0.231 e. The number of rotatable bonds is 4. The molecule has 5 rings (SSSR count). The van der Waals surface area contributed by atoms with Gasteiger partial charge in [-0.1, -0.05) is 72.4 Å². The Hall–Kier alpha value is -3.44. The molecule has 0 N–H and O–H groups in total. The summed E-state index contributed by atoms with van der Waals surface area (Å²) in [6.07, 6.45) is 1.50. The van der Waals surface area contributed by atoms with Gasteiger partial charge in [-0.2, -0.15) is 0 Å². The number of hydrogen-bond donors (Lipinski definition) is 0. The Labute approximate surface area is 171 Å². The van der Waals surface area contributed by atoms with E-state index < -0.39 is 0 Å². The van der Waals surface area contributed by atoms with Crippen LogP contribution in [0.15, 0.2) is 106 Å². The molecule has 2 aromatic heterocycles. The van der Waals surface area contributed by atoms with E-state index in [1.807, 2.05) is 48.5 Å². The molecule has 0 saturated carbocycles. The summed E-state index contributed by atoms with van der Waals surface area (Å²) in [6, 6.07) is 26.5. The number of fused-ring (bicyclic) bond motifs is 1. The Bertz CT molecular complexity index is 1270. The molecule has 0 amide bonds. The fraction of sp³-hybridized carbons (Fsp3) is 0. The molecule has 140 valence electrons. The molecule has 5 aromatic rings. The second-order valence-electron chi connectivity index (χ2n) is 6.45. The first-order chi connectivity index (χ1) is 14.3. The zero-order valence-electron chi connectivity index (χ0n) is 15.2. The van der Waals surface area contributed by atoms with Gasteiger partial charge in [0, 0.05) is 16.0 Å². The normalized spacial score (nSPS) is 11.1. The van der Waals surface area contributed by atoms with Crippen molar-refractivity contribution >= 4 is 22.9 Å². The van der Waals surface area contributed by atoms with Crippen molar-refractivity contribution in [3.8, 4) is 22.5 Å². The Morgan fingerprint density at radius 3 is 2.07 bits per heavy atom. The van der Waals surface area contributed by atoms with Gasteiger partial charge in [0.25, 0.3) is 0 Å². The molecule has 0 saturated heterocycles. The minimum absolute atomic E-state index is 0.262. The summed E-state index contributed by atoms with van der Waals surface area (Å²) < 4.78 is 19.5. The van der Waals surface area contributed by atoms with Crippen molar-refractivity contribution < 1.29 is 8.81 Å². The Kier molecular flexibility index (Phi) is 4.58. The van der Waals surface area contributed by atoms with Crippen LogP contribution in [-0.2, 0) is 0 Å². The summed E-state index contributed by atoms with van der Waals surface area (Å²) >= 11 is 1.47. The van der Waals surface area contributed by atoms with E-state index in [2.05, 4.69) is 22.1 Å². The van der Waals surface area contributed by atoms with E-state index in [-0.39, 0.29) is 5.82 Å². The lowest BCUT2D eigenvalue weighted by molar-refractivity contribution is 0.617. The second-order valence-corrected chi connectivity index (χ2v) is 7.52. The summed E-state index contributed by atoms with van der Waals surface area (Å²) in [6.45, 7) is 0. The number of furan rings is 1. The van der Waals surface area contributed by atoms with Gasteiger partial charge in [-0.05, 0) is 29.8 Å². The van der Waals surface area contributed by atoms with E-state index in [9.17, 15) is 4.39 Å². The Morgan fingerprint density at radius 2 is 1.38 bits per heavy atom. The van der Waals surface area contributed by atoms with E-state index in [1.54, 1.807) is 12.1 Å². The predicted octanol–water partition coefficient (Wildman–Crippen LogP) is 6.85. The highest BCUT2D eigenvalue weighted by atomic mass is 32.2. The molecule has 0 radical (unpaired) electrons. The van der Waals surface area contributed by atoms with Crippen molar-refractivity contribution in [3.05, 3.63) is 97.1 Å². The molecule has 0 fully saturated rings. The van der Waals surface area contributed by atoms with Crippen LogP contribution in [0.5, 0.6) is 0 Å². The quantitative estimate of drug-likeness (QED) is 0.310. The van der Waals surface area contributed by atoms with Crippen LogP contribution in [0.4, 0.5) is 4.39 Å². The molecule has 2 heterocycles. The van der Waals surface area contributed by atoms with Crippen molar-refractivity contribution in [1.82, 2.24) is 9.97 Å². The molecule has 3 nitrogen and oxygen atoms in total. The molecule has 0 aliphatic heterocycles. The average molecular weight is 398 g/mol. The third-order valence-electron chi connectivity index (χ3n) is 4.58. The summed E-state index contributed by atoms with van der Waals surface area (Å²) in [5.41, 5.74) is 3.49. The van der Waals surface area contributed by atoms with Gasteiger partial charge in [-0.15, -0.1) is 0 Å². The first kappa shape index (κ1) is 17.6. The van der Waals surface area contributed by atoms with Crippen LogP contribution in [0.1, 0.15) is 0 Å². The average Bonchev–Trinajstić information content (AvgIpc) is 3.17. The molecule has 0 atom stereocenters. The van der Waals surface area contributed by atoms with Gasteiger partial charge in [0.2, 0.25) is 5.71 Å². The predicted molar refractivity (Wildman–Crippen MR) is 113 cm³/mol. The number of halogens is 1. The van der Waals surface area contributed by atoms with Crippen LogP contribution < -0.4 is 0 Å². The van der Waals surface area contributed by atoms with Crippen LogP contribution >= 0.6 is 11.8 Å². The summed E-state index contributed by atoms with van der Waals surface area (Å²) in [4.78, 5) is 9.79. The van der Waals surface area contributed by atoms with Gasteiger partial charge >= 0.3 is 0 Å². The minimum atomic E-state index is -0.262. The number of benzene rings is 3. The minimum Gasteiger partial charge on any atom is -0.437 e. The van der Waals surface area contributed by atoms with Crippen molar-refractivity contribution in [2.75, 3.05) is 0 Å². The fourth-order valence-corrected chi connectivity index (χ4v) is 4.16. The second kappa shape index (κ2) is 7.53. The van der Waals surface area contributed by atoms with Crippen molar-refractivity contribution in [1.29, 1.82) is 0 Å². The Balaban J connectivity index is 1.76. The van der Waals surface area contributed by atoms with Gasteiger partial charge in [0.05, 0.1) is 5.39 Å². The maximum atomic E-state index is 13.3.